The van der Waals surface area contributed by atoms with E-state index in [0.29, 0.717) is 19.0 Å². The second-order valence-corrected chi connectivity index (χ2v) is 7.26. The Bertz CT molecular complexity index is 542. The molecular weight excluding hydrogens is 274 g/mol. The zero-order chi connectivity index (χ0) is 14.4. The van der Waals surface area contributed by atoms with Gasteiger partial charge in [-0.3, -0.25) is 9.59 Å². The van der Waals surface area contributed by atoms with Crippen LogP contribution in [-0.4, -0.2) is 35.0 Å². The highest BCUT2D eigenvalue weighted by molar-refractivity contribution is 7.14. The SMILES string of the molecule is Cc1cc(C(=O)N2C[C@H](C(=O)O)[C@@H](C3CC3)C2)sc1C. The van der Waals surface area contributed by atoms with Crippen molar-refractivity contribution < 1.29 is 14.7 Å². The van der Waals surface area contributed by atoms with Crippen LogP contribution in [0.5, 0.6) is 0 Å². The Labute approximate surface area is 122 Å². The summed E-state index contributed by atoms with van der Waals surface area (Å²) in [5, 5.41) is 9.34. The van der Waals surface area contributed by atoms with E-state index in [0.717, 1.165) is 28.2 Å². The monoisotopic (exact) mass is 293 g/mol. The maximum atomic E-state index is 12.5. The van der Waals surface area contributed by atoms with E-state index in [1.165, 1.54) is 11.3 Å². The lowest BCUT2D eigenvalue weighted by molar-refractivity contribution is -0.142. The molecule has 4 nitrogen and oxygen atoms in total. The van der Waals surface area contributed by atoms with E-state index in [1.807, 2.05) is 19.9 Å². The van der Waals surface area contributed by atoms with Crippen molar-refractivity contribution in [2.45, 2.75) is 26.7 Å². The van der Waals surface area contributed by atoms with E-state index in [2.05, 4.69) is 0 Å². The number of aryl methyl sites for hydroxylation is 2. The van der Waals surface area contributed by atoms with Gasteiger partial charge in [0.1, 0.15) is 0 Å². The maximum absolute atomic E-state index is 12.5. The normalized spacial score (nSPS) is 26.0. The molecule has 1 saturated carbocycles. The highest BCUT2D eigenvalue weighted by Gasteiger charge is 2.47. The summed E-state index contributed by atoms with van der Waals surface area (Å²) < 4.78 is 0. The van der Waals surface area contributed by atoms with Crippen LogP contribution in [0.4, 0.5) is 0 Å². The van der Waals surface area contributed by atoms with Crippen LogP contribution in [0.15, 0.2) is 6.07 Å². The first-order valence-corrected chi connectivity index (χ1v) is 7.88. The number of hydrogen-bond donors (Lipinski definition) is 1. The van der Waals surface area contributed by atoms with Crippen molar-refractivity contribution in [1.29, 1.82) is 0 Å². The van der Waals surface area contributed by atoms with Gasteiger partial charge in [0.15, 0.2) is 0 Å². The van der Waals surface area contributed by atoms with E-state index in [-0.39, 0.29) is 17.7 Å². The molecule has 2 aliphatic rings. The van der Waals surface area contributed by atoms with Crippen LogP contribution >= 0.6 is 11.3 Å². The summed E-state index contributed by atoms with van der Waals surface area (Å²) >= 11 is 1.51. The van der Waals surface area contributed by atoms with Crippen LogP contribution in [-0.2, 0) is 4.79 Å². The summed E-state index contributed by atoms with van der Waals surface area (Å²) in [5.41, 5.74) is 1.13. The molecule has 2 fully saturated rings. The lowest BCUT2D eigenvalue weighted by atomic mass is 9.92. The predicted molar refractivity (Wildman–Crippen MR) is 77.0 cm³/mol. The minimum absolute atomic E-state index is 0.000556. The highest BCUT2D eigenvalue weighted by Crippen LogP contribution is 2.44. The van der Waals surface area contributed by atoms with Gasteiger partial charge in [0.25, 0.3) is 5.91 Å². The number of nitrogens with zero attached hydrogens (tertiary/aromatic N) is 1. The Morgan fingerprint density at radius 3 is 2.50 bits per heavy atom. The van der Waals surface area contributed by atoms with Gasteiger partial charge in [-0.05, 0) is 50.2 Å². The van der Waals surface area contributed by atoms with Crippen molar-refractivity contribution in [3.05, 3.63) is 21.4 Å². The van der Waals surface area contributed by atoms with E-state index < -0.39 is 5.97 Å². The molecule has 0 bridgehead atoms. The number of aliphatic carboxylic acids is 1. The first-order valence-electron chi connectivity index (χ1n) is 7.06. The zero-order valence-corrected chi connectivity index (χ0v) is 12.6. The molecule has 0 radical (unpaired) electrons. The van der Waals surface area contributed by atoms with Crippen LogP contribution in [0, 0.1) is 31.6 Å². The van der Waals surface area contributed by atoms with Gasteiger partial charge >= 0.3 is 5.97 Å². The summed E-state index contributed by atoms with van der Waals surface area (Å²) in [7, 11) is 0. The molecule has 0 spiro atoms. The maximum Gasteiger partial charge on any atom is 0.308 e. The minimum Gasteiger partial charge on any atom is -0.481 e. The summed E-state index contributed by atoms with van der Waals surface area (Å²) in [6.45, 7) is 4.98. The first kappa shape index (κ1) is 13.6. The second kappa shape index (κ2) is 4.88. The third kappa shape index (κ3) is 2.35. The second-order valence-electron chi connectivity index (χ2n) is 6.01. The fourth-order valence-corrected chi connectivity index (χ4v) is 4.09. The summed E-state index contributed by atoms with van der Waals surface area (Å²) in [6.07, 6.45) is 2.24. The number of rotatable bonds is 3. The number of amides is 1. The van der Waals surface area contributed by atoms with Crippen LogP contribution < -0.4 is 0 Å². The van der Waals surface area contributed by atoms with Crippen molar-refractivity contribution in [3.8, 4) is 0 Å². The molecule has 20 heavy (non-hydrogen) atoms. The fraction of sp³-hybridized carbons (Fsp3) is 0.600. The van der Waals surface area contributed by atoms with Crippen LogP contribution in [0.3, 0.4) is 0 Å². The molecule has 1 aromatic rings. The Morgan fingerprint density at radius 2 is 2.00 bits per heavy atom. The van der Waals surface area contributed by atoms with Crippen LogP contribution in [0.1, 0.15) is 33.0 Å². The standard InChI is InChI=1S/C15H19NO3S/c1-8-5-13(20-9(8)2)14(17)16-6-11(10-3-4-10)12(7-16)15(18)19/h5,10-12H,3-4,6-7H2,1-2H3,(H,18,19)/t11-,12+/m1/s1. The van der Waals surface area contributed by atoms with Crippen molar-refractivity contribution in [2.24, 2.45) is 17.8 Å². The number of hydrogen-bond acceptors (Lipinski definition) is 3. The van der Waals surface area contributed by atoms with Crippen molar-refractivity contribution in [2.75, 3.05) is 13.1 Å². The molecular formula is C15H19NO3S. The lowest BCUT2D eigenvalue weighted by Gasteiger charge is -2.15. The molecule has 2 heterocycles. The Morgan fingerprint density at radius 1 is 1.30 bits per heavy atom. The Balaban J connectivity index is 1.77. The molecule has 2 atom stereocenters. The molecule has 108 valence electrons. The van der Waals surface area contributed by atoms with Crippen molar-refractivity contribution in [1.82, 2.24) is 4.90 Å². The molecule has 0 unspecified atom stereocenters. The number of carbonyl (C=O) groups is 2. The zero-order valence-electron chi connectivity index (χ0n) is 11.8. The smallest absolute Gasteiger partial charge is 0.308 e. The minimum atomic E-state index is -0.754. The molecule has 1 aliphatic heterocycles. The Hall–Kier alpha value is -1.36. The average molecular weight is 293 g/mol. The molecule has 1 amide bonds. The van der Waals surface area contributed by atoms with Gasteiger partial charge in [-0.2, -0.15) is 0 Å². The molecule has 1 aromatic heterocycles. The third-order valence-corrected chi connectivity index (χ3v) is 5.71. The number of carboxylic acids is 1. The number of likely N-dealkylation sites (tertiary alicyclic amines) is 1. The van der Waals surface area contributed by atoms with Crippen LogP contribution in [0.2, 0.25) is 0 Å². The van der Waals surface area contributed by atoms with Gasteiger partial charge in [0.05, 0.1) is 10.8 Å². The van der Waals surface area contributed by atoms with E-state index >= 15 is 0 Å². The molecule has 0 aromatic carbocycles. The van der Waals surface area contributed by atoms with Gasteiger partial charge in [0.2, 0.25) is 0 Å². The van der Waals surface area contributed by atoms with Gasteiger partial charge in [0, 0.05) is 18.0 Å². The van der Waals surface area contributed by atoms with Crippen LogP contribution in [0.25, 0.3) is 0 Å². The molecule has 5 heteroatoms. The van der Waals surface area contributed by atoms with Gasteiger partial charge < -0.3 is 10.0 Å². The summed E-state index contributed by atoms with van der Waals surface area (Å²) in [5.74, 6) is -0.468. The topological polar surface area (TPSA) is 57.6 Å². The predicted octanol–water partition coefficient (Wildman–Crippen LogP) is 2.55. The molecule has 3 rings (SSSR count). The van der Waals surface area contributed by atoms with E-state index in [9.17, 15) is 14.7 Å². The fourth-order valence-electron chi connectivity index (χ4n) is 3.09. The largest absolute Gasteiger partial charge is 0.481 e. The summed E-state index contributed by atoms with van der Waals surface area (Å²) in [6, 6.07) is 1.92. The third-order valence-electron chi connectivity index (χ3n) is 4.57. The number of thiophene rings is 1. The Kier molecular flexibility index (Phi) is 3.32. The molecule has 1 aliphatic carbocycles. The van der Waals surface area contributed by atoms with E-state index in [4.69, 9.17) is 0 Å². The van der Waals surface area contributed by atoms with Gasteiger partial charge in [-0.1, -0.05) is 0 Å². The summed E-state index contributed by atoms with van der Waals surface area (Å²) in [4.78, 5) is 27.5. The van der Waals surface area contributed by atoms with Crippen molar-refractivity contribution >= 4 is 23.2 Å². The van der Waals surface area contributed by atoms with E-state index in [1.54, 1.807) is 4.90 Å². The highest BCUT2D eigenvalue weighted by atomic mass is 32.1. The lowest BCUT2D eigenvalue weighted by Crippen LogP contribution is -2.29. The number of carbonyl (C=O) groups excluding carboxylic acids is 1. The van der Waals surface area contributed by atoms with Gasteiger partial charge in [-0.15, -0.1) is 11.3 Å². The molecule has 1 N–H and O–H groups in total. The van der Waals surface area contributed by atoms with Crippen molar-refractivity contribution in [3.63, 3.8) is 0 Å². The average Bonchev–Trinajstić information content (AvgIpc) is 3.05. The first-order chi connectivity index (χ1) is 9.47. The quantitative estimate of drug-likeness (QED) is 0.931. The van der Waals surface area contributed by atoms with Gasteiger partial charge in [-0.25, -0.2) is 0 Å². The molecule has 1 saturated heterocycles. The number of carboxylic acid groups (broad SMARTS) is 1.